The number of thioether (sulfide) groups is 1. The zero-order chi connectivity index (χ0) is 38.3. The Morgan fingerprint density at radius 2 is 1.47 bits per heavy atom. The highest BCUT2D eigenvalue weighted by molar-refractivity contribution is 8.00. The van der Waals surface area contributed by atoms with Gasteiger partial charge in [0.15, 0.2) is 0 Å². The third-order valence-corrected chi connectivity index (χ3v) is 9.88. The number of ether oxygens (including phenoxy) is 3. The van der Waals surface area contributed by atoms with Crippen LogP contribution >= 0.6 is 11.8 Å². The summed E-state index contributed by atoms with van der Waals surface area (Å²) in [6.45, 7) is 2.52. The minimum Gasteiger partial charge on any atom is -0.379 e. The van der Waals surface area contributed by atoms with Crippen molar-refractivity contribution >= 4 is 53.3 Å². The maximum Gasteiger partial charge on any atom is 0.352 e. The van der Waals surface area contributed by atoms with Crippen molar-refractivity contribution in [1.82, 2.24) is 31.2 Å². The number of nitrogens with one attached hydrogen (secondary N) is 4. The molecule has 3 rings (SSSR count). The van der Waals surface area contributed by atoms with Crippen LogP contribution in [0, 0.1) is 0 Å². The largest absolute Gasteiger partial charge is 0.379 e. The fourth-order valence-electron chi connectivity index (χ4n) is 5.62. The van der Waals surface area contributed by atoms with Crippen LogP contribution in [0.2, 0.25) is 0 Å². The van der Waals surface area contributed by atoms with Gasteiger partial charge in [0, 0.05) is 87.4 Å². The zero-order valence-electron chi connectivity index (χ0n) is 29.9. The molecule has 3 aliphatic rings. The first-order valence-electron chi connectivity index (χ1n) is 18.0. The third kappa shape index (κ3) is 17.0. The monoisotopic (exact) mass is 769 g/mol. The lowest BCUT2D eigenvalue weighted by molar-refractivity contribution is -0.198. The molecule has 7 amide bonds. The Hall–Kier alpha value is -4.17. The van der Waals surface area contributed by atoms with E-state index < -0.39 is 30.2 Å². The first kappa shape index (κ1) is 43.2. The molecule has 21 heteroatoms. The van der Waals surface area contributed by atoms with Crippen molar-refractivity contribution in [3.05, 3.63) is 10.4 Å². The highest BCUT2D eigenvalue weighted by atomic mass is 32.2. The lowest BCUT2D eigenvalue weighted by Crippen LogP contribution is -2.41. The van der Waals surface area contributed by atoms with E-state index in [2.05, 4.69) is 31.3 Å². The standard InChI is InChI=1S/C32H51N9O11S/c33-39-36-13-14-40(21-30(47)52-41-28(45)9-10-29(41)46)27(44)8-7-26(43)35-12-4-16-50-18-20-51-19-17-49-15-3-11-34-25(42)6-2-1-5-24-31-23(22-53-24)37-32(48)38-31/h23-24,31H,1-22H2,(H,34,42)(H,35,43)(H2,37,38,48)/t23-,24-,31-/m0/s1. The smallest absolute Gasteiger partial charge is 0.352 e. The number of hydrogen-bond acceptors (Lipinski definition) is 13. The summed E-state index contributed by atoms with van der Waals surface area (Å²) in [6.07, 6.45) is 3.98. The van der Waals surface area contributed by atoms with Crippen LogP contribution in [0.4, 0.5) is 4.79 Å². The van der Waals surface area contributed by atoms with E-state index in [1.54, 1.807) is 0 Å². The number of carbonyl (C=O) groups excluding carboxylic acids is 7. The van der Waals surface area contributed by atoms with Gasteiger partial charge in [0.2, 0.25) is 17.7 Å². The van der Waals surface area contributed by atoms with Crippen molar-refractivity contribution in [3.8, 4) is 0 Å². The van der Waals surface area contributed by atoms with Crippen LogP contribution < -0.4 is 21.3 Å². The quantitative estimate of drug-likeness (QED) is 0.0209. The Morgan fingerprint density at radius 1 is 0.849 bits per heavy atom. The highest BCUT2D eigenvalue weighted by Gasteiger charge is 2.42. The van der Waals surface area contributed by atoms with Crippen molar-refractivity contribution in [2.45, 2.75) is 81.5 Å². The summed E-state index contributed by atoms with van der Waals surface area (Å²) in [5, 5.41) is 15.7. The average Bonchev–Trinajstić information content (AvgIpc) is 3.80. The molecule has 0 aromatic heterocycles. The molecule has 0 bridgehead atoms. The van der Waals surface area contributed by atoms with E-state index in [-0.39, 0.29) is 68.7 Å². The van der Waals surface area contributed by atoms with Crippen molar-refractivity contribution in [3.63, 3.8) is 0 Å². The normalized spacial score (nSPS) is 18.9. The second-order valence-electron chi connectivity index (χ2n) is 12.4. The number of hydrogen-bond donors (Lipinski definition) is 4. The van der Waals surface area contributed by atoms with E-state index in [9.17, 15) is 33.6 Å². The molecule has 4 N–H and O–H groups in total. The van der Waals surface area contributed by atoms with E-state index in [4.69, 9.17) is 24.6 Å². The average molecular weight is 770 g/mol. The lowest BCUT2D eigenvalue weighted by Gasteiger charge is -2.22. The van der Waals surface area contributed by atoms with Crippen molar-refractivity contribution < 1.29 is 52.6 Å². The first-order valence-corrected chi connectivity index (χ1v) is 19.0. The van der Waals surface area contributed by atoms with Crippen molar-refractivity contribution in [1.29, 1.82) is 0 Å². The van der Waals surface area contributed by atoms with E-state index >= 15 is 0 Å². The van der Waals surface area contributed by atoms with Gasteiger partial charge in [0.05, 0.1) is 38.5 Å². The predicted molar refractivity (Wildman–Crippen MR) is 189 cm³/mol. The van der Waals surface area contributed by atoms with Gasteiger partial charge in [-0.2, -0.15) is 11.8 Å². The van der Waals surface area contributed by atoms with E-state index in [0.29, 0.717) is 82.3 Å². The summed E-state index contributed by atoms with van der Waals surface area (Å²) in [5.74, 6) is -2.30. The van der Waals surface area contributed by atoms with Gasteiger partial charge in [-0.25, -0.2) is 9.59 Å². The first-order chi connectivity index (χ1) is 25.7. The Bertz CT molecular complexity index is 1290. The van der Waals surface area contributed by atoms with Crippen LogP contribution in [0.5, 0.6) is 0 Å². The van der Waals surface area contributed by atoms with Gasteiger partial charge in [-0.15, -0.1) is 5.06 Å². The van der Waals surface area contributed by atoms with E-state index in [1.807, 2.05) is 11.8 Å². The SMILES string of the molecule is [N-]=[N+]=NCCN(CC(=O)ON1C(=O)CCC1=O)C(=O)CCC(=O)NCCCOCCOCCOCCCNC(=O)CCCC[C@@H]1SC[C@@H]2NC(=O)N[C@@H]21. The minimum absolute atomic E-state index is 0.0384. The number of azide groups is 1. The molecule has 0 aromatic rings. The van der Waals surface area contributed by atoms with Gasteiger partial charge >= 0.3 is 12.0 Å². The third-order valence-electron chi connectivity index (χ3n) is 8.37. The number of imide groups is 1. The van der Waals surface area contributed by atoms with Gasteiger partial charge in [-0.05, 0) is 31.2 Å². The number of urea groups is 1. The Kier molecular flexibility index (Phi) is 20.4. The molecule has 0 saturated carbocycles. The van der Waals surface area contributed by atoms with Gasteiger partial charge in [-0.1, -0.05) is 11.5 Å². The van der Waals surface area contributed by atoms with Crippen molar-refractivity contribution in [2.24, 2.45) is 5.11 Å². The van der Waals surface area contributed by atoms with Gasteiger partial charge in [0.1, 0.15) is 6.54 Å². The van der Waals surface area contributed by atoms with Crippen LogP contribution in [-0.2, 0) is 47.8 Å². The topological polar surface area (TPSA) is 260 Å². The predicted octanol–water partition coefficient (Wildman–Crippen LogP) is 0.301. The zero-order valence-corrected chi connectivity index (χ0v) is 30.7. The number of fused-ring (bicyclic) bond motifs is 1. The van der Waals surface area contributed by atoms with Crippen LogP contribution in [0.1, 0.15) is 64.2 Å². The molecule has 0 unspecified atom stereocenters. The number of hydroxylamine groups is 2. The summed E-state index contributed by atoms with van der Waals surface area (Å²) < 4.78 is 16.5. The highest BCUT2D eigenvalue weighted by Crippen LogP contribution is 2.33. The van der Waals surface area contributed by atoms with Gasteiger partial charge in [-0.3, -0.25) is 24.0 Å². The van der Waals surface area contributed by atoms with Crippen LogP contribution in [0.25, 0.3) is 10.4 Å². The molecule has 0 aliphatic carbocycles. The number of carbonyl (C=O) groups is 7. The molecule has 0 spiro atoms. The molecule has 3 heterocycles. The summed E-state index contributed by atoms with van der Waals surface area (Å²) >= 11 is 1.88. The van der Waals surface area contributed by atoms with Gasteiger partial charge in [0.25, 0.3) is 11.8 Å². The second-order valence-corrected chi connectivity index (χ2v) is 13.7. The fraction of sp³-hybridized carbons (Fsp3) is 0.781. The maximum absolute atomic E-state index is 12.7. The van der Waals surface area contributed by atoms with Crippen molar-refractivity contribution in [2.75, 3.05) is 78.1 Å². The summed E-state index contributed by atoms with van der Waals surface area (Å²) in [7, 11) is 0. The molecule has 3 fully saturated rings. The molecule has 296 valence electrons. The van der Waals surface area contributed by atoms with E-state index in [1.165, 1.54) is 0 Å². The Labute approximate surface area is 312 Å². The molecule has 53 heavy (non-hydrogen) atoms. The molecule has 0 radical (unpaired) electrons. The molecule has 3 saturated heterocycles. The van der Waals surface area contributed by atoms with Crippen LogP contribution in [0.15, 0.2) is 5.11 Å². The Morgan fingerprint density at radius 3 is 2.11 bits per heavy atom. The number of amides is 7. The lowest BCUT2D eigenvalue weighted by atomic mass is 10.0. The minimum atomic E-state index is -1.02. The molecule has 3 atom stereocenters. The number of nitrogens with zero attached hydrogens (tertiary/aromatic N) is 5. The number of unbranched alkanes of at least 4 members (excludes halogenated alkanes) is 1. The van der Waals surface area contributed by atoms with Crippen LogP contribution in [0.3, 0.4) is 0 Å². The Balaban J connectivity index is 1.08. The molecule has 20 nitrogen and oxygen atoms in total. The second kappa shape index (κ2) is 25.0. The van der Waals surface area contributed by atoms with E-state index in [0.717, 1.165) is 29.9 Å². The maximum atomic E-state index is 12.7. The molecule has 0 aromatic carbocycles. The number of rotatable bonds is 28. The summed E-state index contributed by atoms with van der Waals surface area (Å²) in [5.41, 5.74) is 8.51. The molecular formula is C32H51N9O11S. The molecule has 3 aliphatic heterocycles. The fourth-order valence-corrected chi connectivity index (χ4v) is 7.17. The molecular weight excluding hydrogens is 718 g/mol. The van der Waals surface area contributed by atoms with Gasteiger partial charge < -0.3 is 45.2 Å². The van der Waals surface area contributed by atoms with Crippen LogP contribution in [-0.4, -0.2) is 147 Å². The summed E-state index contributed by atoms with van der Waals surface area (Å²) in [6, 6.07) is 0.345. The summed E-state index contributed by atoms with van der Waals surface area (Å²) in [4.78, 5) is 92.4.